The molecular weight excluding hydrogens is 298 g/mol. The summed E-state index contributed by atoms with van der Waals surface area (Å²) >= 11 is 0. The number of nitro groups is 1. The van der Waals surface area contributed by atoms with Gasteiger partial charge in [-0.25, -0.2) is 0 Å². The number of aromatic nitrogens is 1. The third-order valence-electron chi connectivity index (χ3n) is 4.24. The summed E-state index contributed by atoms with van der Waals surface area (Å²) in [4.78, 5) is 25.0. The van der Waals surface area contributed by atoms with Gasteiger partial charge in [-0.05, 0) is 18.6 Å². The van der Waals surface area contributed by atoms with Gasteiger partial charge in [0.15, 0.2) is 0 Å². The molecule has 1 amide bonds. The van der Waals surface area contributed by atoms with Gasteiger partial charge in [0.2, 0.25) is 5.91 Å². The standard InChI is InChI=1S/C16H19N3O4/c1-2-12-10-18(8-9-23-12)16(20)11-17-7-6-13-14(17)4-3-5-15(13)19(21)22/h3-7,12H,2,8-11H2,1H3/t12-/m0/s1. The van der Waals surface area contributed by atoms with Crippen molar-refractivity contribution in [2.75, 3.05) is 19.7 Å². The van der Waals surface area contributed by atoms with Gasteiger partial charge in [-0.1, -0.05) is 13.0 Å². The fourth-order valence-electron chi connectivity index (χ4n) is 2.94. The Morgan fingerprint density at radius 1 is 1.43 bits per heavy atom. The van der Waals surface area contributed by atoms with Crippen LogP contribution in [-0.2, 0) is 16.1 Å². The third kappa shape index (κ3) is 3.05. The van der Waals surface area contributed by atoms with Gasteiger partial charge in [-0.2, -0.15) is 0 Å². The summed E-state index contributed by atoms with van der Waals surface area (Å²) in [6.07, 6.45) is 2.70. The van der Waals surface area contributed by atoms with Crippen molar-refractivity contribution in [1.82, 2.24) is 9.47 Å². The van der Waals surface area contributed by atoms with Crippen molar-refractivity contribution in [3.63, 3.8) is 0 Å². The minimum Gasteiger partial charge on any atom is -0.375 e. The normalized spacial score (nSPS) is 18.3. The van der Waals surface area contributed by atoms with E-state index in [9.17, 15) is 14.9 Å². The molecule has 1 aromatic heterocycles. The van der Waals surface area contributed by atoms with E-state index in [0.29, 0.717) is 30.6 Å². The van der Waals surface area contributed by atoms with Crippen LogP contribution in [0.1, 0.15) is 13.3 Å². The van der Waals surface area contributed by atoms with E-state index in [4.69, 9.17) is 4.74 Å². The molecule has 1 aliphatic rings. The van der Waals surface area contributed by atoms with Gasteiger partial charge in [0, 0.05) is 25.4 Å². The lowest BCUT2D eigenvalue weighted by Gasteiger charge is -2.32. The Kier molecular flexibility index (Phi) is 4.29. The maximum absolute atomic E-state index is 12.5. The smallest absolute Gasteiger partial charge is 0.278 e. The number of carbonyl (C=O) groups is 1. The highest BCUT2D eigenvalue weighted by Gasteiger charge is 2.23. The molecule has 7 nitrogen and oxygen atoms in total. The monoisotopic (exact) mass is 317 g/mol. The Hall–Kier alpha value is -2.41. The molecule has 23 heavy (non-hydrogen) atoms. The molecule has 1 saturated heterocycles. The average Bonchev–Trinajstić information content (AvgIpc) is 2.97. The predicted molar refractivity (Wildman–Crippen MR) is 85.2 cm³/mol. The van der Waals surface area contributed by atoms with Gasteiger partial charge < -0.3 is 14.2 Å². The van der Waals surface area contributed by atoms with Crippen LogP contribution in [-0.4, -0.2) is 46.1 Å². The molecule has 7 heteroatoms. The minimum absolute atomic E-state index is 0.00996. The maximum Gasteiger partial charge on any atom is 0.278 e. The molecule has 1 fully saturated rings. The lowest BCUT2D eigenvalue weighted by atomic mass is 10.2. The summed E-state index contributed by atoms with van der Waals surface area (Å²) in [5.74, 6) is 0.00996. The molecule has 0 unspecified atom stereocenters. The first-order valence-electron chi connectivity index (χ1n) is 7.71. The van der Waals surface area contributed by atoms with Crippen LogP contribution in [0, 0.1) is 10.1 Å². The van der Waals surface area contributed by atoms with E-state index in [1.807, 2.05) is 6.92 Å². The summed E-state index contributed by atoms with van der Waals surface area (Å²) in [5, 5.41) is 11.6. The van der Waals surface area contributed by atoms with Crippen molar-refractivity contribution in [3.05, 3.63) is 40.6 Å². The van der Waals surface area contributed by atoms with Crippen LogP contribution in [0.4, 0.5) is 5.69 Å². The number of nitro benzene ring substituents is 1. The summed E-state index contributed by atoms with van der Waals surface area (Å²) < 4.78 is 7.34. The fourth-order valence-corrected chi connectivity index (χ4v) is 2.94. The van der Waals surface area contributed by atoms with Gasteiger partial charge >= 0.3 is 0 Å². The zero-order valence-corrected chi connectivity index (χ0v) is 13.0. The molecule has 1 aromatic carbocycles. The number of amides is 1. The van der Waals surface area contributed by atoms with Crippen molar-refractivity contribution in [3.8, 4) is 0 Å². The van der Waals surface area contributed by atoms with Crippen LogP contribution in [0.3, 0.4) is 0 Å². The molecule has 0 saturated carbocycles. The first kappa shape index (κ1) is 15.5. The van der Waals surface area contributed by atoms with Gasteiger partial charge in [-0.15, -0.1) is 0 Å². The number of carbonyl (C=O) groups excluding carboxylic acids is 1. The summed E-state index contributed by atoms with van der Waals surface area (Å²) in [6.45, 7) is 3.98. The van der Waals surface area contributed by atoms with E-state index in [2.05, 4.69) is 0 Å². The topological polar surface area (TPSA) is 77.6 Å². The van der Waals surface area contributed by atoms with Gasteiger partial charge in [0.05, 0.1) is 28.5 Å². The molecule has 2 heterocycles. The van der Waals surface area contributed by atoms with E-state index in [1.54, 1.807) is 33.9 Å². The van der Waals surface area contributed by atoms with Crippen molar-refractivity contribution in [1.29, 1.82) is 0 Å². The highest BCUT2D eigenvalue weighted by Crippen LogP contribution is 2.26. The number of nitrogens with zero attached hydrogens (tertiary/aromatic N) is 3. The Labute approximate surface area is 133 Å². The molecule has 0 bridgehead atoms. The molecule has 0 aliphatic carbocycles. The second-order valence-corrected chi connectivity index (χ2v) is 5.65. The summed E-state index contributed by atoms with van der Waals surface area (Å²) in [7, 11) is 0. The molecule has 122 valence electrons. The Balaban J connectivity index is 1.80. The number of morpholine rings is 1. The minimum atomic E-state index is -0.400. The average molecular weight is 317 g/mol. The SMILES string of the molecule is CC[C@H]1CN(C(=O)Cn2ccc3c([N+](=O)[O-])cccc32)CCO1. The number of non-ortho nitro benzene ring substituents is 1. The highest BCUT2D eigenvalue weighted by atomic mass is 16.6. The maximum atomic E-state index is 12.5. The number of hydrogen-bond acceptors (Lipinski definition) is 4. The molecule has 2 aromatic rings. The summed E-state index contributed by atoms with van der Waals surface area (Å²) in [6, 6.07) is 6.60. The molecule has 0 N–H and O–H groups in total. The second kappa shape index (κ2) is 6.37. The van der Waals surface area contributed by atoms with E-state index >= 15 is 0 Å². The van der Waals surface area contributed by atoms with Crippen LogP contribution >= 0.6 is 0 Å². The number of ether oxygens (including phenoxy) is 1. The van der Waals surface area contributed by atoms with Crippen LogP contribution in [0.25, 0.3) is 10.9 Å². The predicted octanol–water partition coefficient (Wildman–Crippen LogP) is 2.19. The number of fused-ring (bicyclic) bond motifs is 1. The zero-order valence-electron chi connectivity index (χ0n) is 13.0. The molecule has 0 radical (unpaired) electrons. The quantitative estimate of drug-likeness (QED) is 0.639. The lowest BCUT2D eigenvalue weighted by Crippen LogP contribution is -2.46. The highest BCUT2D eigenvalue weighted by molar-refractivity contribution is 5.90. The van der Waals surface area contributed by atoms with E-state index in [-0.39, 0.29) is 24.2 Å². The van der Waals surface area contributed by atoms with Crippen LogP contribution in [0.2, 0.25) is 0 Å². The number of hydrogen-bond donors (Lipinski definition) is 0. The number of benzene rings is 1. The van der Waals surface area contributed by atoms with Gasteiger partial charge in [-0.3, -0.25) is 14.9 Å². The van der Waals surface area contributed by atoms with E-state index < -0.39 is 4.92 Å². The molecule has 1 aliphatic heterocycles. The van der Waals surface area contributed by atoms with Crippen LogP contribution in [0.15, 0.2) is 30.5 Å². The van der Waals surface area contributed by atoms with Crippen molar-refractivity contribution in [2.45, 2.75) is 26.0 Å². The van der Waals surface area contributed by atoms with Crippen molar-refractivity contribution in [2.24, 2.45) is 0 Å². The molecular formula is C16H19N3O4. The first-order valence-corrected chi connectivity index (χ1v) is 7.71. The van der Waals surface area contributed by atoms with Crippen molar-refractivity contribution >= 4 is 22.5 Å². The zero-order chi connectivity index (χ0) is 16.4. The first-order chi connectivity index (χ1) is 11.1. The second-order valence-electron chi connectivity index (χ2n) is 5.65. The van der Waals surface area contributed by atoms with Gasteiger partial charge in [0.25, 0.3) is 5.69 Å². The van der Waals surface area contributed by atoms with Crippen LogP contribution < -0.4 is 0 Å². The Morgan fingerprint density at radius 2 is 2.26 bits per heavy atom. The summed E-state index contributed by atoms with van der Waals surface area (Å²) in [5.41, 5.74) is 0.763. The van der Waals surface area contributed by atoms with Gasteiger partial charge in [0.1, 0.15) is 6.54 Å². The Morgan fingerprint density at radius 3 is 3.00 bits per heavy atom. The molecule has 3 rings (SSSR count). The lowest BCUT2D eigenvalue weighted by molar-refractivity contribution is -0.383. The van der Waals surface area contributed by atoms with E-state index in [0.717, 1.165) is 6.42 Å². The molecule has 1 atom stereocenters. The Bertz CT molecular complexity index is 740. The molecule has 0 spiro atoms. The van der Waals surface area contributed by atoms with Crippen molar-refractivity contribution < 1.29 is 14.5 Å². The third-order valence-corrected chi connectivity index (χ3v) is 4.24. The number of rotatable bonds is 4. The van der Waals surface area contributed by atoms with Crippen LogP contribution in [0.5, 0.6) is 0 Å². The largest absolute Gasteiger partial charge is 0.375 e. The fraction of sp³-hybridized carbons (Fsp3) is 0.438. The van der Waals surface area contributed by atoms with E-state index in [1.165, 1.54) is 6.07 Å².